The van der Waals surface area contributed by atoms with E-state index in [4.69, 9.17) is 23.2 Å². The van der Waals surface area contributed by atoms with Crippen molar-refractivity contribution in [1.82, 2.24) is 9.78 Å². The van der Waals surface area contributed by atoms with Crippen molar-refractivity contribution in [3.63, 3.8) is 0 Å². The number of benzene rings is 1. The second-order valence-corrected chi connectivity index (χ2v) is 5.90. The van der Waals surface area contributed by atoms with Crippen LogP contribution in [0.1, 0.15) is 42.9 Å². The van der Waals surface area contributed by atoms with Gasteiger partial charge in [-0.2, -0.15) is 5.10 Å². The van der Waals surface area contributed by atoms with Crippen LogP contribution >= 0.6 is 23.2 Å². The summed E-state index contributed by atoms with van der Waals surface area (Å²) >= 11 is 12.3. The summed E-state index contributed by atoms with van der Waals surface area (Å²) in [5, 5.41) is 4.76. The van der Waals surface area contributed by atoms with Crippen molar-refractivity contribution >= 4 is 23.2 Å². The average Bonchev–Trinajstić information content (AvgIpc) is 3.07. The molecule has 112 valence electrons. The Morgan fingerprint density at radius 1 is 1.24 bits per heavy atom. The summed E-state index contributed by atoms with van der Waals surface area (Å²) in [5.41, 5.74) is 1.72. The van der Waals surface area contributed by atoms with Gasteiger partial charge in [-0.3, -0.25) is 0 Å². The molecule has 1 fully saturated rings. The van der Waals surface area contributed by atoms with E-state index in [1.54, 1.807) is 0 Å². The molecular formula is C15H14Cl2F2N2. The zero-order valence-corrected chi connectivity index (χ0v) is 12.8. The van der Waals surface area contributed by atoms with E-state index in [1.165, 1.54) is 16.8 Å². The SMILES string of the molecule is Fc1ccc(-n2nc(C3CCCC3)c(CCl)c2Cl)c(F)c1. The van der Waals surface area contributed by atoms with Crippen LogP contribution in [0, 0.1) is 11.6 Å². The molecule has 0 saturated heterocycles. The van der Waals surface area contributed by atoms with Crippen LogP contribution in [0.4, 0.5) is 8.78 Å². The van der Waals surface area contributed by atoms with Crippen LogP contribution in [0.2, 0.25) is 5.15 Å². The Morgan fingerprint density at radius 3 is 2.57 bits per heavy atom. The van der Waals surface area contributed by atoms with E-state index in [9.17, 15) is 8.78 Å². The zero-order valence-electron chi connectivity index (χ0n) is 11.3. The van der Waals surface area contributed by atoms with Crippen molar-refractivity contribution in [2.45, 2.75) is 37.5 Å². The molecule has 21 heavy (non-hydrogen) atoms. The summed E-state index contributed by atoms with van der Waals surface area (Å²) in [6.07, 6.45) is 4.40. The fourth-order valence-corrected chi connectivity index (χ4v) is 3.53. The zero-order chi connectivity index (χ0) is 15.0. The summed E-state index contributed by atoms with van der Waals surface area (Å²) in [6.45, 7) is 0. The Labute approximate surface area is 131 Å². The van der Waals surface area contributed by atoms with Gasteiger partial charge >= 0.3 is 0 Å². The van der Waals surface area contributed by atoms with Crippen LogP contribution in [0.5, 0.6) is 0 Å². The minimum Gasteiger partial charge on any atom is -0.219 e. The van der Waals surface area contributed by atoms with Crippen molar-refractivity contribution < 1.29 is 8.78 Å². The Kier molecular flexibility index (Phi) is 4.18. The molecule has 1 saturated carbocycles. The number of halogens is 4. The molecule has 6 heteroatoms. The van der Waals surface area contributed by atoms with E-state index in [-0.39, 0.29) is 11.6 Å². The molecule has 2 nitrogen and oxygen atoms in total. The molecule has 2 aromatic rings. The Bertz CT molecular complexity index is 664. The monoisotopic (exact) mass is 330 g/mol. The minimum absolute atomic E-state index is 0.136. The second-order valence-electron chi connectivity index (χ2n) is 5.28. The Balaban J connectivity index is 2.10. The predicted molar refractivity (Wildman–Crippen MR) is 79.3 cm³/mol. The lowest BCUT2D eigenvalue weighted by molar-refractivity contribution is 0.572. The number of nitrogens with zero attached hydrogens (tertiary/aromatic N) is 2. The van der Waals surface area contributed by atoms with Crippen molar-refractivity contribution in [3.05, 3.63) is 46.2 Å². The van der Waals surface area contributed by atoms with Gasteiger partial charge in [0.1, 0.15) is 16.7 Å². The Morgan fingerprint density at radius 2 is 1.95 bits per heavy atom. The standard InChI is InChI=1S/C15H14Cl2F2N2/c16-8-11-14(9-3-1-2-4-9)20-21(15(11)17)13-6-5-10(18)7-12(13)19/h5-7,9H,1-4,8H2. The predicted octanol–water partition coefficient (Wildman–Crippen LogP) is 5.20. The fourth-order valence-electron chi connectivity index (χ4n) is 2.91. The van der Waals surface area contributed by atoms with Gasteiger partial charge in [0.15, 0.2) is 5.82 Å². The second kappa shape index (κ2) is 5.93. The van der Waals surface area contributed by atoms with E-state index in [0.29, 0.717) is 11.1 Å². The van der Waals surface area contributed by atoms with E-state index in [0.717, 1.165) is 43.0 Å². The summed E-state index contributed by atoms with van der Waals surface area (Å²) in [4.78, 5) is 0. The van der Waals surface area contributed by atoms with Gasteiger partial charge in [-0.05, 0) is 25.0 Å². The molecule has 0 atom stereocenters. The van der Waals surface area contributed by atoms with Crippen LogP contribution in [-0.4, -0.2) is 9.78 Å². The molecule has 1 aromatic carbocycles. The summed E-state index contributed by atoms with van der Waals surface area (Å²) in [7, 11) is 0. The Hall–Kier alpha value is -1.13. The van der Waals surface area contributed by atoms with E-state index >= 15 is 0 Å². The van der Waals surface area contributed by atoms with Crippen molar-refractivity contribution in [2.75, 3.05) is 0 Å². The van der Waals surface area contributed by atoms with E-state index in [1.807, 2.05) is 0 Å². The normalized spacial score (nSPS) is 15.8. The number of hydrogen-bond acceptors (Lipinski definition) is 1. The molecule has 0 amide bonds. The highest BCUT2D eigenvalue weighted by Gasteiger charge is 2.26. The molecular weight excluding hydrogens is 317 g/mol. The highest BCUT2D eigenvalue weighted by molar-refractivity contribution is 6.31. The lowest BCUT2D eigenvalue weighted by Crippen LogP contribution is -2.02. The number of rotatable bonds is 3. The molecule has 0 bridgehead atoms. The summed E-state index contributed by atoms with van der Waals surface area (Å²) in [5.74, 6) is -0.777. The van der Waals surface area contributed by atoms with E-state index < -0.39 is 11.6 Å². The molecule has 0 N–H and O–H groups in total. The van der Waals surface area contributed by atoms with Gasteiger partial charge in [0, 0.05) is 17.5 Å². The van der Waals surface area contributed by atoms with Gasteiger partial charge in [0.25, 0.3) is 0 Å². The first-order valence-electron chi connectivity index (χ1n) is 6.90. The first-order chi connectivity index (χ1) is 10.1. The van der Waals surface area contributed by atoms with Crippen molar-refractivity contribution in [2.24, 2.45) is 0 Å². The number of hydrogen-bond donors (Lipinski definition) is 0. The third-order valence-electron chi connectivity index (χ3n) is 3.97. The van der Waals surface area contributed by atoms with Gasteiger partial charge in [-0.25, -0.2) is 13.5 Å². The van der Waals surface area contributed by atoms with Crippen LogP contribution in [0.25, 0.3) is 5.69 Å². The number of aromatic nitrogens is 2. The molecule has 0 spiro atoms. The van der Waals surface area contributed by atoms with E-state index in [2.05, 4.69) is 5.10 Å². The third-order valence-corrected chi connectivity index (χ3v) is 4.62. The third kappa shape index (κ3) is 2.67. The molecule has 0 radical (unpaired) electrons. The van der Waals surface area contributed by atoms with Gasteiger partial charge < -0.3 is 0 Å². The molecule has 1 aliphatic carbocycles. The average molecular weight is 331 g/mol. The molecule has 3 rings (SSSR count). The van der Waals surface area contributed by atoms with Crippen LogP contribution < -0.4 is 0 Å². The smallest absolute Gasteiger partial charge is 0.151 e. The minimum atomic E-state index is -0.696. The maximum absolute atomic E-state index is 13.9. The number of alkyl halides is 1. The quantitative estimate of drug-likeness (QED) is 0.707. The first-order valence-corrected chi connectivity index (χ1v) is 7.81. The first kappa shape index (κ1) is 14.8. The van der Waals surface area contributed by atoms with Crippen LogP contribution in [0.15, 0.2) is 18.2 Å². The molecule has 1 heterocycles. The maximum Gasteiger partial charge on any atom is 0.151 e. The van der Waals surface area contributed by atoms with Gasteiger partial charge in [-0.1, -0.05) is 24.4 Å². The summed E-state index contributed by atoms with van der Waals surface area (Å²) < 4.78 is 28.3. The summed E-state index contributed by atoms with van der Waals surface area (Å²) in [6, 6.07) is 3.34. The van der Waals surface area contributed by atoms with Gasteiger partial charge in [-0.15, -0.1) is 11.6 Å². The molecule has 1 aromatic heterocycles. The highest BCUT2D eigenvalue weighted by Crippen LogP contribution is 2.38. The highest BCUT2D eigenvalue weighted by atomic mass is 35.5. The maximum atomic E-state index is 13.9. The fraction of sp³-hybridized carbons (Fsp3) is 0.400. The topological polar surface area (TPSA) is 17.8 Å². The van der Waals surface area contributed by atoms with Crippen LogP contribution in [0.3, 0.4) is 0 Å². The molecule has 0 aliphatic heterocycles. The lowest BCUT2D eigenvalue weighted by atomic mass is 10.0. The molecule has 1 aliphatic rings. The van der Waals surface area contributed by atoms with Crippen molar-refractivity contribution in [1.29, 1.82) is 0 Å². The van der Waals surface area contributed by atoms with Gasteiger partial charge in [0.05, 0.1) is 11.6 Å². The van der Waals surface area contributed by atoms with Gasteiger partial charge in [0.2, 0.25) is 0 Å². The largest absolute Gasteiger partial charge is 0.219 e. The van der Waals surface area contributed by atoms with Crippen molar-refractivity contribution in [3.8, 4) is 5.69 Å². The lowest BCUT2D eigenvalue weighted by Gasteiger charge is -2.06. The molecule has 0 unspecified atom stereocenters. The van der Waals surface area contributed by atoms with Crippen LogP contribution in [-0.2, 0) is 5.88 Å².